The van der Waals surface area contributed by atoms with Crippen LogP contribution in [-0.4, -0.2) is 16.6 Å². The van der Waals surface area contributed by atoms with E-state index >= 15 is 0 Å². The number of hydrogen-bond donors (Lipinski definition) is 2. The molecule has 0 unspecified atom stereocenters. The molecule has 0 aliphatic carbocycles. The Bertz CT molecular complexity index is 541. The normalized spacial score (nSPS) is 10.4. The van der Waals surface area contributed by atoms with E-state index < -0.39 is 0 Å². The van der Waals surface area contributed by atoms with Gasteiger partial charge in [-0.05, 0) is 30.4 Å². The van der Waals surface area contributed by atoms with Crippen LogP contribution in [0.3, 0.4) is 0 Å². The predicted molar refractivity (Wildman–Crippen MR) is 78.6 cm³/mol. The molecule has 2 aromatic rings. The Labute approximate surface area is 116 Å². The number of nitrogens with two attached hydrogens (primary N) is 1. The summed E-state index contributed by atoms with van der Waals surface area (Å²) in [6, 6.07) is 2.15. The molecule has 6 heteroatoms. The second-order valence-corrected chi connectivity index (χ2v) is 4.95. The van der Waals surface area contributed by atoms with Gasteiger partial charge in [-0.2, -0.15) is 4.98 Å². The monoisotopic (exact) mass is 278 g/mol. The Kier molecular flexibility index (Phi) is 4.57. The summed E-state index contributed by atoms with van der Waals surface area (Å²) in [5, 5.41) is 5.35. The Morgan fingerprint density at radius 3 is 2.95 bits per heavy atom. The number of hydrogen-bond acceptors (Lipinski definition) is 6. The molecule has 0 fully saturated rings. The topological polar surface area (TPSA) is 73.1 Å². The lowest BCUT2D eigenvalue weighted by molar-refractivity contribution is 0.328. The third-order valence-corrected chi connectivity index (χ3v) is 3.73. The number of anilines is 2. The highest BCUT2D eigenvalue weighted by atomic mass is 32.1. The van der Waals surface area contributed by atoms with Crippen molar-refractivity contribution in [3.8, 4) is 5.88 Å². The average Bonchev–Trinajstić information content (AvgIpc) is 2.87. The maximum Gasteiger partial charge on any atom is 0.242 e. The Morgan fingerprint density at radius 1 is 1.37 bits per heavy atom. The summed E-state index contributed by atoms with van der Waals surface area (Å²) in [4.78, 5) is 9.47. The van der Waals surface area contributed by atoms with Crippen LogP contribution in [0.1, 0.15) is 24.3 Å². The molecule has 3 N–H and O–H groups in total. The zero-order chi connectivity index (χ0) is 13.7. The summed E-state index contributed by atoms with van der Waals surface area (Å²) in [5.74, 6) is 1.05. The summed E-state index contributed by atoms with van der Waals surface area (Å²) < 4.78 is 5.35. The second-order valence-electron chi connectivity index (χ2n) is 3.95. The van der Waals surface area contributed by atoms with Gasteiger partial charge in [0.15, 0.2) is 5.82 Å². The van der Waals surface area contributed by atoms with Crippen LogP contribution in [0.15, 0.2) is 17.8 Å². The molecular formula is C13H18N4OS. The van der Waals surface area contributed by atoms with Crippen molar-refractivity contribution in [2.45, 2.75) is 26.8 Å². The lowest BCUT2D eigenvalue weighted by Crippen LogP contribution is -2.08. The molecule has 0 saturated heterocycles. The molecule has 0 aliphatic heterocycles. The molecule has 0 spiro atoms. The van der Waals surface area contributed by atoms with Gasteiger partial charge in [0.05, 0.1) is 13.2 Å². The van der Waals surface area contributed by atoms with Gasteiger partial charge in [0.1, 0.15) is 12.0 Å². The molecule has 0 bridgehead atoms. The summed E-state index contributed by atoms with van der Waals surface area (Å²) >= 11 is 1.74. The molecule has 0 aromatic carbocycles. The van der Waals surface area contributed by atoms with Crippen molar-refractivity contribution in [1.82, 2.24) is 9.97 Å². The maximum atomic E-state index is 5.97. The third kappa shape index (κ3) is 3.14. The molecule has 2 rings (SSSR count). The number of thiophene rings is 1. The van der Waals surface area contributed by atoms with Gasteiger partial charge in [-0.25, -0.2) is 4.98 Å². The number of aryl methyl sites for hydroxylation is 1. The molecule has 2 heterocycles. The van der Waals surface area contributed by atoms with Crippen LogP contribution in [-0.2, 0) is 13.0 Å². The molecule has 2 aromatic heterocycles. The first-order chi connectivity index (χ1) is 9.26. The van der Waals surface area contributed by atoms with Crippen molar-refractivity contribution in [3.05, 3.63) is 28.2 Å². The summed E-state index contributed by atoms with van der Waals surface area (Å²) in [6.45, 7) is 5.30. The van der Waals surface area contributed by atoms with E-state index in [0.717, 1.165) is 6.42 Å². The van der Waals surface area contributed by atoms with E-state index in [1.807, 2.05) is 6.92 Å². The van der Waals surface area contributed by atoms with Gasteiger partial charge in [-0.3, -0.25) is 0 Å². The fourth-order valence-corrected chi connectivity index (χ4v) is 2.69. The molecule has 0 aliphatic rings. The summed E-state index contributed by atoms with van der Waals surface area (Å²) in [5.41, 5.74) is 7.78. The van der Waals surface area contributed by atoms with Crippen LogP contribution in [0.25, 0.3) is 0 Å². The fraction of sp³-hybridized carbons (Fsp3) is 0.385. The zero-order valence-electron chi connectivity index (χ0n) is 11.1. The van der Waals surface area contributed by atoms with Gasteiger partial charge in [0.2, 0.25) is 5.88 Å². The minimum atomic E-state index is 0.432. The average molecular weight is 278 g/mol. The molecule has 0 saturated carbocycles. The lowest BCUT2D eigenvalue weighted by Gasteiger charge is -2.11. The maximum absolute atomic E-state index is 5.97. The first-order valence-corrected chi connectivity index (χ1v) is 7.16. The molecule has 0 radical (unpaired) electrons. The predicted octanol–water partition coefficient (Wildman–Crippen LogP) is 2.69. The Hall–Kier alpha value is -1.82. The molecule has 5 nitrogen and oxygen atoms in total. The van der Waals surface area contributed by atoms with E-state index in [-0.39, 0.29) is 0 Å². The number of rotatable bonds is 6. The van der Waals surface area contributed by atoms with Crippen molar-refractivity contribution in [3.63, 3.8) is 0 Å². The van der Waals surface area contributed by atoms with E-state index in [1.54, 1.807) is 11.3 Å². The Balaban J connectivity index is 2.09. The molecular weight excluding hydrogens is 260 g/mol. The number of nitrogen functional groups attached to an aromatic ring is 1. The largest absolute Gasteiger partial charge is 0.476 e. The molecule has 0 amide bonds. The quantitative estimate of drug-likeness (QED) is 0.850. The molecule has 19 heavy (non-hydrogen) atoms. The van der Waals surface area contributed by atoms with Crippen LogP contribution in [0, 0.1) is 0 Å². The van der Waals surface area contributed by atoms with E-state index in [4.69, 9.17) is 10.5 Å². The third-order valence-electron chi connectivity index (χ3n) is 2.76. The lowest BCUT2D eigenvalue weighted by atomic mass is 10.2. The SMILES string of the molecule is CCOc1ncnc(NCc2sccc2CC)c1N. The zero-order valence-corrected chi connectivity index (χ0v) is 12.0. The Morgan fingerprint density at radius 2 is 2.21 bits per heavy atom. The van der Waals surface area contributed by atoms with Crippen molar-refractivity contribution < 1.29 is 4.74 Å². The molecule has 0 atom stereocenters. The van der Waals surface area contributed by atoms with Gasteiger partial charge >= 0.3 is 0 Å². The van der Waals surface area contributed by atoms with E-state index in [0.29, 0.717) is 30.5 Å². The van der Waals surface area contributed by atoms with Crippen LogP contribution >= 0.6 is 11.3 Å². The van der Waals surface area contributed by atoms with Crippen molar-refractivity contribution >= 4 is 22.8 Å². The van der Waals surface area contributed by atoms with Crippen LogP contribution in [0.5, 0.6) is 5.88 Å². The van der Waals surface area contributed by atoms with E-state index in [9.17, 15) is 0 Å². The minimum Gasteiger partial charge on any atom is -0.476 e. The summed E-state index contributed by atoms with van der Waals surface area (Å²) in [7, 11) is 0. The van der Waals surface area contributed by atoms with Gasteiger partial charge in [0, 0.05) is 4.88 Å². The number of nitrogens with zero attached hydrogens (tertiary/aromatic N) is 2. The van der Waals surface area contributed by atoms with Gasteiger partial charge in [-0.15, -0.1) is 11.3 Å². The highest BCUT2D eigenvalue weighted by molar-refractivity contribution is 7.10. The fourth-order valence-electron chi connectivity index (χ4n) is 1.77. The highest BCUT2D eigenvalue weighted by Crippen LogP contribution is 2.26. The first kappa shape index (κ1) is 13.6. The van der Waals surface area contributed by atoms with Crippen LogP contribution < -0.4 is 15.8 Å². The van der Waals surface area contributed by atoms with Gasteiger partial charge in [-0.1, -0.05) is 6.92 Å². The number of nitrogens with one attached hydrogen (secondary N) is 1. The minimum absolute atomic E-state index is 0.432. The van der Waals surface area contributed by atoms with Crippen molar-refractivity contribution in [1.29, 1.82) is 0 Å². The van der Waals surface area contributed by atoms with E-state index in [1.165, 1.54) is 16.8 Å². The smallest absolute Gasteiger partial charge is 0.242 e. The van der Waals surface area contributed by atoms with Crippen LogP contribution in [0.2, 0.25) is 0 Å². The first-order valence-electron chi connectivity index (χ1n) is 6.28. The van der Waals surface area contributed by atoms with Crippen LogP contribution in [0.4, 0.5) is 11.5 Å². The molecule has 102 valence electrons. The van der Waals surface area contributed by atoms with E-state index in [2.05, 4.69) is 33.7 Å². The highest BCUT2D eigenvalue weighted by Gasteiger charge is 2.09. The summed E-state index contributed by atoms with van der Waals surface area (Å²) in [6.07, 6.45) is 2.49. The van der Waals surface area contributed by atoms with Gasteiger partial charge in [0.25, 0.3) is 0 Å². The number of aromatic nitrogens is 2. The van der Waals surface area contributed by atoms with Crippen molar-refractivity contribution in [2.75, 3.05) is 17.7 Å². The van der Waals surface area contributed by atoms with Crippen molar-refractivity contribution in [2.24, 2.45) is 0 Å². The second kappa shape index (κ2) is 6.38. The number of ether oxygens (including phenoxy) is 1. The standard InChI is InChI=1S/C13H18N4OS/c1-3-9-5-6-19-10(9)7-15-12-11(14)13(18-4-2)17-8-16-12/h5-6,8H,3-4,7,14H2,1-2H3,(H,15,16,17). The van der Waals surface area contributed by atoms with Gasteiger partial charge < -0.3 is 15.8 Å².